The second-order valence-corrected chi connectivity index (χ2v) is 10.9. The average molecular weight is 644 g/mol. The molecule has 0 aromatic carbocycles. The fraction of sp³-hybridized carbons (Fsp3) is 0.692. The normalized spacial score (nSPS) is 17.6. The number of nitrogens with zero attached hydrogens (tertiary/aromatic N) is 2. The Balaban J connectivity index is 3.02. The average Bonchev–Trinajstić information content (AvgIpc) is 3.44. The number of rotatable bonds is 18. The number of nitrogens with two attached hydrogens (primary N) is 3. The number of carboxylic acid groups (broad SMARTS) is 2. The zero-order valence-corrected chi connectivity index (χ0v) is 25.5. The van der Waals surface area contributed by atoms with E-state index in [0.29, 0.717) is 6.42 Å². The van der Waals surface area contributed by atoms with Crippen LogP contribution >= 0.6 is 0 Å². The number of carbonyl (C=O) groups is 7. The van der Waals surface area contributed by atoms with Crippen LogP contribution in [-0.4, -0.2) is 124 Å². The molecule has 0 bridgehead atoms. The Morgan fingerprint density at radius 1 is 0.911 bits per heavy atom. The molecule has 19 nitrogen and oxygen atoms in total. The Bertz CT molecular complexity index is 1130. The van der Waals surface area contributed by atoms with Crippen LogP contribution < -0.4 is 38.5 Å². The van der Waals surface area contributed by atoms with Gasteiger partial charge in [0, 0.05) is 13.1 Å². The number of hydrogen-bond acceptors (Lipinski definition) is 10. The zero-order valence-electron chi connectivity index (χ0n) is 25.5. The van der Waals surface area contributed by atoms with Gasteiger partial charge in [0.25, 0.3) is 0 Å². The highest BCUT2D eigenvalue weighted by Gasteiger charge is 2.39. The summed E-state index contributed by atoms with van der Waals surface area (Å²) < 4.78 is 0. The second kappa shape index (κ2) is 18.3. The van der Waals surface area contributed by atoms with Gasteiger partial charge in [0.15, 0.2) is 5.96 Å². The lowest BCUT2D eigenvalue weighted by Gasteiger charge is -2.30. The van der Waals surface area contributed by atoms with Gasteiger partial charge >= 0.3 is 11.9 Å². The van der Waals surface area contributed by atoms with Crippen molar-refractivity contribution in [2.75, 3.05) is 19.7 Å². The number of carboxylic acids is 2. The van der Waals surface area contributed by atoms with E-state index in [9.17, 15) is 43.8 Å². The molecule has 13 N–H and O–H groups in total. The highest BCUT2D eigenvalue weighted by atomic mass is 16.4. The Hall–Kier alpha value is -4.52. The van der Waals surface area contributed by atoms with Gasteiger partial charge in [-0.25, -0.2) is 4.79 Å². The summed E-state index contributed by atoms with van der Waals surface area (Å²) >= 11 is 0. The van der Waals surface area contributed by atoms with Gasteiger partial charge in [-0.15, -0.1) is 0 Å². The third kappa shape index (κ3) is 12.5. The van der Waals surface area contributed by atoms with Gasteiger partial charge in [-0.3, -0.25) is 33.8 Å². The molecule has 1 aliphatic heterocycles. The molecular weight excluding hydrogens is 598 g/mol. The molecule has 0 spiro atoms. The summed E-state index contributed by atoms with van der Waals surface area (Å²) in [5.74, 6) is -7.23. The fourth-order valence-electron chi connectivity index (χ4n) is 4.49. The van der Waals surface area contributed by atoms with E-state index in [1.807, 2.05) is 0 Å². The lowest BCUT2D eigenvalue weighted by atomic mass is 10.0. The second-order valence-electron chi connectivity index (χ2n) is 10.9. The number of guanidine groups is 1. The van der Waals surface area contributed by atoms with Crippen LogP contribution in [0.1, 0.15) is 52.9 Å². The number of aliphatic imine (C=N–C) groups is 1. The largest absolute Gasteiger partial charge is 0.481 e. The lowest BCUT2D eigenvalue weighted by Crippen LogP contribution is -2.60. The summed E-state index contributed by atoms with van der Waals surface area (Å²) in [4.78, 5) is 92.0. The summed E-state index contributed by atoms with van der Waals surface area (Å²) in [5.41, 5.74) is 16.2. The molecule has 1 saturated heterocycles. The number of likely N-dealkylation sites (tertiary alicyclic amines) is 1. The number of hydrogen-bond donors (Lipinski definition) is 10. The summed E-state index contributed by atoms with van der Waals surface area (Å²) in [5, 5.41) is 36.9. The Labute approximate surface area is 259 Å². The third-order valence-electron chi connectivity index (χ3n) is 6.92. The van der Waals surface area contributed by atoms with Crippen molar-refractivity contribution in [1.82, 2.24) is 26.2 Å². The van der Waals surface area contributed by atoms with Crippen LogP contribution in [-0.2, 0) is 33.6 Å². The SMILES string of the molecule is CC(NC(=O)C(N)CC(=O)O)C(=O)N1CCCC1C(=O)NC(C(=O)NC(CCCN=C(N)N)C(=O)NC(CO)C(=O)O)C(C)C. The molecule has 45 heavy (non-hydrogen) atoms. The first-order chi connectivity index (χ1) is 21.0. The minimum absolute atomic E-state index is 0.0183. The molecule has 0 radical (unpaired) electrons. The van der Waals surface area contributed by atoms with E-state index >= 15 is 0 Å². The van der Waals surface area contributed by atoms with Crippen LogP contribution in [0.15, 0.2) is 4.99 Å². The van der Waals surface area contributed by atoms with E-state index < -0.39 is 96.7 Å². The van der Waals surface area contributed by atoms with Crippen molar-refractivity contribution >= 4 is 47.4 Å². The molecule has 0 aliphatic carbocycles. The molecule has 19 heteroatoms. The number of carbonyl (C=O) groups excluding carboxylic acids is 5. The molecule has 254 valence electrons. The van der Waals surface area contributed by atoms with E-state index in [1.165, 1.54) is 11.8 Å². The lowest BCUT2D eigenvalue weighted by molar-refractivity contribution is -0.143. The van der Waals surface area contributed by atoms with Gasteiger partial charge < -0.3 is 58.7 Å². The van der Waals surface area contributed by atoms with E-state index in [4.69, 9.17) is 22.3 Å². The molecule has 6 atom stereocenters. The molecular formula is C26H45N9O10. The maximum Gasteiger partial charge on any atom is 0.328 e. The topological polar surface area (TPSA) is 322 Å². The highest BCUT2D eigenvalue weighted by molar-refractivity contribution is 5.97. The van der Waals surface area contributed by atoms with E-state index in [0.717, 1.165) is 0 Å². The Morgan fingerprint density at radius 2 is 1.53 bits per heavy atom. The molecule has 0 aromatic heterocycles. The number of amides is 5. The van der Waals surface area contributed by atoms with Crippen molar-refractivity contribution in [2.45, 2.75) is 89.1 Å². The first-order valence-electron chi connectivity index (χ1n) is 14.4. The maximum absolute atomic E-state index is 13.3. The number of aliphatic carboxylic acids is 2. The first-order valence-corrected chi connectivity index (χ1v) is 14.4. The summed E-state index contributed by atoms with van der Waals surface area (Å²) in [6, 6.07) is -7.57. The van der Waals surface area contributed by atoms with E-state index in [-0.39, 0.29) is 38.3 Å². The molecule has 5 amide bonds. The first kappa shape index (κ1) is 38.5. The Kier molecular flexibility index (Phi) is 15.7. The van der Waals surface area contributed by atoms with Crippen molar-refractivity contribution < 1.29 is 48.9 Å². The van der Waals surface area contributed by atoms with Gasteiger partial charge in [-0.2, -0.15) is 0 Å². The number of nitrogens with one attached hydrogen (secondary N) is 4. The minimum atomic E-state index is -1.62. The molecule has 1 aliphatic rings. The molecule has 1 heterocycles. The summed E-state index contributed by atoms with van der Waals surface area (Å²) in [6.07, 6.45) is 0.267. The van der Waals surface area contributed by atoms with E-state index in [2.05, 4.69) is 26.3 Å². The van der Waals surface area contributed by atoms with Crippen LogP contribution in [0.25, 0.3) is 0 Å². The predicted molar refractivity (Wildman–Crippen MR) is 158 cm³/mol. The molecule has 0 aromatic rings. The Morgan fingerprint density at radius 3 is 2.07 bits per heavy atom. The molecule has 1 rings (SSSR count). The van der Waals surface area contributed by atoms with Gasteiger partial charge in [0.1, 0.15) is 30.2 Å². The van der Waals surface area contributed by atoms with Gasteiger partial charge in [-0.1, -0.05) is 13.8 Å². The van der Waals surface area contributed by atoms with Gasteiger partial charge in [0.05, 0.1) is 19.1 Å². The maximum atomic E-state index is 13.3. The molecule has 0 saturated carbocycles. The summed E-state index contributed by atoms with van der Waals surface area (Å²) in [6.45, 7) is 4.04. The van der Waals surface area contributed by atoms with Crippen molar-refractivity contribution in [1.29, 1.82) is 0 Å². The molecule has 6 unspecified atom stereocenters. The van der Waals surface area contributed by atoms with Crippen LogP contribution in [0.2, 0.25) is 0 Å². The van der Waals surface area contributed by atoms with Crippen LogP contribution in [0.3, 0.4) is 0 Å². The van der Waals surface area contributed by atoms with Crippen LogP contribution in [0.4, 0.5) is 0 Å². The van der Waals surface area contributed by atoms with Crippen molar-refractivity contribution in [3.05, 3.63) is 0 Å². The van der Waals surface area contributed by atoms with Crippen LogP contribution in [0, 0.1) is 5.92 Å². The van der Waals surface area contributed by atoms with Gasteiger partial charge in [0.2, 0.25) is 29.5 Å². The standard InChI is InChI=1S/C26H45N9O10/c1-12(2)19(23(42)32-15(6-4-8-30-26(28)29)21(40)33-16(11-36)25(44)45)34-22(41)17-7-5-9-35(17)24(43)13(3)31-20(39)14(27)10-18(37)38/h12-17,19,36H,4-11,27H2,1-3H3,(H,31,39)(H,32,42)(H,33,40)(H,34,41)(H,37,38)(H,44,45)(H4,28,29,30). The van der Waals surface area contributed by atoms with Crippen LogP contribution in [0.5, 0.6) is 0 Å². The third-order valence-corrected chi connectivity index (χ3v) is 6.92. The van der Waals surface area contributed by atoms with Crippen molar-refractivity contribution in [3.63, 3.8) is 0 Å². The highest BCUT2D eigenvalue weighted by Crippen LogP contribution is 2.19. The monoisotopic (exact) mass is 643 g/mol. The molecule has 1 fully saturated rings. The smallest absolute Gasteiger partial charge is 0.328 e. The van der Waals surface area contributed by atoms with Crippen molar-refractivity contribution in [2.24, 2.45) is 28.1 Å². The minimum Gasteiger partial charge on any atom is -0.481 e. The predicted octanol–water partition coefficient (Wildman–Crippen LogP) is -4.48. The number of aliphatic hydroxyl groups excluding tert-OH is 1. The number of aliphatic hydroxyl groups is 1. The quantitative estimate of drug-likeness (QED) is 0.0383. The fourth-order valence-corrected chi connectivity index (χ4v) is 4.49. The van der Waals surface area contributed by atoms with E-state index in [1.54, 1.807) is 13.8 Å². The van der Waals surface area contributed by atoms with Gasteiger partial charge in [-0.05, 0) is 38.5 Å². The summed E-state index contributed by atoms with van der Waals surface area (Å²) in [7, 11) is 0. The van der Waals surface area contributed by atoms with Crippen molar-refractivity contribution in [3.8, 4) is 0 Å². The zero-order chi connectivity index (χ0) is 34.4.